The van der Waals surface area contributed by atoms with Crippen LogP contribution in [0.5, 0.6) is 0 Å². The molecule has 0 bridgehead atoms. The highest BCUT2D eigenvalue weighted by atomic mass is 16.1. The third-order valence-electron chi connectivity index (χ3n) is 3.60. The molecule has 0 aliphatic rings. The highest BCUT2D eigenvalue weighted by Gasteiger charge is 1.97. The average Bonchev–Trinajstić information content (AvgIpc) is 2.48. The zero-order chi connectivity index (χ0) is 14.5. The topological polar surface area (TPSA) is 34.1 Å². The van der Waals surface area contributed by atoms with Gasteiger partial charge in [-0.2, -0.15) is 0 Å². The molecule has 0 aromatic heterocycles. The van der Waals surface area contributed by atoms with Crippen molar-refractivity contribution in [3.05, 3.63) is 35.4 Å². The van der Waals surface area contributed by atoms with Gasteiger partial charge < -0.3 is 9.59 Å². The van der Waals surface area contributed by atoms with Crippen molar-refractivity contribution in [1.82, 2.24) is 0 Å². The lowest BCUT2D eigenvalue weighted by Crippen LogP contribution is -1.90. The second-order valence-electron chi connectivity index (χ2n) is 5.35. The minimum absolute atomic E-state index is 0.697. The van der Waals surface area contributed by atoms with Gasteiger partial charge in [-0.05, 0) is 49.7 Å². The molecule has 2 nitrogen and oxygen atoms in total. The molecule has 20 heavy (non-hydrogen) atoms. The van der Waals surface area contributed by atoms with Crippen LogP contribution in [0.3, 0.4) is 0 Å². The van der Waals surface area contributed by atoms with Gasteiger partial charge >= 0.3 is 0 Å². The fourth-order valence-electron chi connectivity index (χ4n) is 2.34. The van der Waals surface area contributed by atoms with Crippen molar-refractivity contribution < 1.29 is 9.59 Å². The number of aryl methyl sites for hydroxylation is 2. The molecular formula is C18H26O2. The lowest BCUT2D eigenvalue weighted by molar-refractivity contribution is -0.108. The minimum Gasteiger partial charge on any atom is -0.303 e. The summed E-state index contributed by atoms with van der Waals surface area (Å²) in [5, 5.41) is 0. The Hall–Kier alpha value is -1.44. The van der Waals surface area contributed by atoms with Gasteiger partial charge in [-0.15, -0.1) is 0 Å². The molecule has 0 saturated heterocycles. The lowest BCUT2D eigenvalue weighted by atomic mass is 10.0. The Bertz CT molecular complexity index is 331. The van der Waals surface area contributed by atoms with Crippen LogP contribution in [-0.2, 0) is 22.4 Å². The molecule has 0 unspecified atom stereocenters. The second kappa shape index (κ2) is 11.4. The summed E-state index contributed by atoms with van der Waals surface area (Å²) >= 11 is 0. The molecule has 1 rings (SSSR count). The highest BCUT2D eigenvalue weighted by Crippen LogP contribution is 2.12. The predicted octanol–water partition coefficient (Wildman–Crippen LogP) is 4.29. The van der Waals surface area contributed by atoms with Crippen LogP contribution < -0.4 is 0 Å². The van der Waals surface area contributed by atoms with E-state index in [2.05, 4.69) is 24.3 Å². The first kappa shape index (κ1) is 16.6. The van der Waals surface area contributed by atoms with E-state index in [-0.39, 0.29) is 0 Å². The van der Waals surface area contributed by atoms with Crippen molar-refractivity contribution in [3.63, 3.8) is 0 Å². The van der Waals surface area contributed by atoms with Crippen LogP contribution in [0.2, 0.25) is 0 Å². The minimum atomic E-state index is 0.697. The predicted molar refractivity (Wildman–Crippen MR) is 82.9 cm³/mol. The van der Waals surface area contributed by atoms with Crippen LogP contribution in [0.4, 0.5) is 0 Å². The molecule has 0 fully saturated rings. The Morgan fingerprint density at radius 2 is 1.00 bits per heavy atom. The molecule has 2 heteroatoms. The number of unbranched alkanes of at least 4 members (excludes halogenated alkanes) is 6. The summed E-state index contributed by atoms with van der Waals surface area (Å²) in [5.74, 6) is 0. The Kier molecular flexibility index (Phi) is 9.46. The van der Waals surface area contributed by atoms with Crippen molar-refractivity contribution in [1.29, 1.82) is 0 Å². The Labute approximate surface area is 122 Å². The monoisotopic (exact) mass is 274 g/mol. The SMILES string of the molecule is O=CCCCCCc1ccc(CCCCCC=O)cc1. The molecule has 0 radical (unpaired) electrons. The number of carbonyl (C=O) groups excluding carboxylic acids is 2. The molecule has 110 valence electrons. The van der Waals surface area contributed by atoms with Crippen LogP contribution in [-0.4, -0.2) is 12.6 Å². The average molecular weight is 274 g/mol. The molecule has 0 heterocycles. The molecule has 1 aromatic rings. The smallest absolute Gasteiger partial charge is 0.119 e. The van der Waals surface area contributed by atoms with E-state index < -0.39 is 0 Å². The molecule has 0 atom stereocenters. The van der Waals surface area contributed by atoms with Crippen LogP contribution in [0.25, 0.3) is 0 Å². The Morgan fingerprint density at radius 1 is 0.600 bits per heavy atom. The second-order valence-corrected chi connectivity index (χ2v) is 5.35. The van der Waals surface area contributed by atoms with Gasteiger partial charge in [-0.3, -0.25) is 0 Å². The normalized spacial score (nSPS) is 10.4. The summed E-state index contributed by atoms with van der Waals surface area (Å²) in [6.07, 6.45) is 12.3. The third kappa shape index (κ3) is 7.88. The largest absolute Gasteiger partial charge is 0.303 e. The number of benzene rings is 1. The van der Waals surface area contributed by atoms with Crippen LogP contribution in [0.15, 0.2) is 24.3 Å². The summed E-state index contributed by atoms with van der Waals surface area (Å²) < 4.78 is 0. The van der Waals surface area contributed by atoms with Gasteiger partial charge in [0.2, 0.25) is 0 Å². The number of hydrogen-bond donors (Lipinski definition) is 0. The summed E-state index contributed by atoms with van der Waals surface area (Å²) in [4.78, 5) is 20.4. The first-order valence-corrected chi connectivity index (χ1v) is 7.82. The first-order valence-electron chi connectivity index (χ1n) is 7.82. The Balaban J connectivity index is 2.15. The van der Waals surface area contributed by atoms with Crippen molar-refractivity contribution >= 4 is 12.6 Å². The highest BCUT2D eigenvalue weighted by molar-refractivity contribution is 5.49. The van der Waals surface area contributed by atoms with E-state index in [1.165, 1.54) is 24.0 Å². The van der Waals surface area contributed by atoms with E-state index in [4.69, 9.17) is 0 Å². The summed E-state index contributed by atoms with van der Waals surface area (Å²) in [5.41, 5.74) is 2.78. The number of aldehydes is 2. The maximum Gasteiger partial charge on any atom is 0.119 e. The van der Waals surface area contributed by atoms with Crippen LogP contribution in [0.1, 0.15) is 62.5 Å². The molecule has 0 aliphatic heterocycles. The number of carbonyl (C=O) groups is 2. The standard InChI is InChI=1S/C18H26O2/c19-15-7-3-1-5-9-17-11-13-18(14-12-17)10-6-2-4-8-16-20/h11-16H,1-10H2. The molecule has 0 amide bonds. The van der Waals surface area contributed by atoms with Gasteiger partial charge in [-0.1, -0.05) is 37.1 Å². The maximum atomic E-state index is 10.2. The third-order valence-corrected chi connectivity index (χ3v) is 3.60. The lowest BCUT2D eigenvalue weighted by Gasteiger charge is -2.04. The summed E-state index contributed by atoms with van der Waals surface area (Å²) in [6, 6.07) is 8.89. The molecule has 0 saturated carbocycles. The molecule has 1 aromatic carbocycles. The van der Waals surface area contributed by atoms with E-state index in [9.17, 15) is 9.59 Å². The van der Waals surface area contributed by atoms with E-state index in [0.29, 0.717) is 12.8 Å². The van der Waals surface area contributed by atoms with Gasteiger partial charge in [0, 0.05) is 12.8 Å². The van der Waals surface area contributed by atoms with Gasteiger partial charge in [0.05, 0.1) is 0 Å². The van der Waals surface area contributed by atoms with Crippen molar-refractivity contribution in [3.8, 4) is 0 Å². The zero-order valence-corrected chi connectivity index (χ0v) is 12.4. The van der Waals surface area contributed by atoms with E-state index in [0.717, 1.165) is 51.1 Å². The van der Waals surface area contributed by atoms with E-state index >= 15 is 0 Å². The zero-order valence-electron chi connectivity index (χ0n) is 12.4. The maximum absolute atomic E-state index is 10.2. The van der Waals surface area contributed by atoms with E-state index in [1.807, 2.05) is 0 Å². The van der Waals surface area contributed by atoms with Crippen LogP contribution in [0, 0.1) is 0 Å². The Morgan fingerprint density at radius 3 is 1.35 bits per heavy atom. The van der Waals surface area contributed by atoms with Gasteiger partial charge in [0.1, 0.15) is 12.6 Å². The van der Waals surface area contributed by atoms with Crippen molar-refractivity contribution in [2.45, 2.75) is 64.2 Å². The van der Waals surface area contributed by atoms with Crippen LogP contribution >= 0.6 is 0 Å². The fourth-order valence-corrected chi connectivity index (χ4v) is 2.34. The molecule has 0 aliphatic carbocycles. The first-order chi connectivity index (χ1) is 9.86. The molecule has 0 spiro atoms. The quantitative estimate of drug-likeness (QED) is 0.421. The van der Waals surface area contributed by atoms with Gasteiger partial charge in [0.25, 0.3) is 0 Å². The summed E-state index contributed by atoms with van der Waals surface area (Å²) in [6.45, 7) is 0. The van der Waals surface area contributed by atoms with Gasteiger partial charge in [0.15, 0.2) is 0 Å². The van der Waals surface area contributed by atoms with Crippen molar-refractivity contribution in [2.75, 3.05) is 0 Å². The number of rotatable bonds is 12. The molecule has 0 N–H and O–H groups in total. The van der Waals surface area contributed by atoms with E-state index in [1.54, 1.807) is 0 Å². The van der Waals surface area contributed by atoms with Gasteiger partial charge in [-0.25, -0.2) is 0 Å². The summed E-state index contributed by atoms with van der Waals surface area (Å²) in [7, 11) is 0. The van der Waals surface area contributed by atoms with Crippen molar-refractivity contribution in [2.24, 2.45) is 0 Å². The number of hydrogen-bond acceptors (Lipinski definition) is 2. The molecular weight excluding hydrogens is 248 g/mol. The fraction of sp³-hybridized carbons (Fsp3) is 0.556.